The van der Waals surface area contributed by atoms with E-state index in [0.29, 0.717) is 10.9 Å². The number of benzene rings is 1. The van der Waals surface area contributed by atoms with Gasteiger partial charge in [-0.2, -0.15) is 0 Å². The minimum Gasteiger partial charge on any atom is -0.378 e. The van der Waals surface area contributed by atoms with E-state index in [1.54, 1.807) is 34.9 Å². The summed E-state index contributed by atoms with van der Waals surface area (Å²) in [5.74, 6) is 0.647. The average Bonchev–Trinajstić information content (AvgIpc) is 3.39. The highest BCUT2D eigenvalue weighted by atomic mass is 32.2. The molecular formula is C21H25N5O2S3. The molecule has 3 heterocycles. The van der Waals surface area contributed by atoms with Gasteiger partial charge in [0.05, 0.1) is 24.6 Å². The standard InChI is InChI=1S/C21H25N5O2S3/c1-13-9-14(2)18(15(3)10-13)26(16(4)27)19-22-17(11-29-19)12-30-21-24-23-20(31-21)25-5-7-28-8-6-25/h9-11H,5-8,12H2,1-4H3. The summed E-state index contributed by atoms with van der Waals surface area (Å²) in [7, 11) is 0. The molecule has 1 fully saturated rings. The van der Waals surface area contributed by atoms with Crippen LogP contribution in [0.25, 0.3) is 0 Å². The molecule has 3 aromatic rings. The van der Waals surface area contributed by atoms with E-state index in [4.69, 9.17) is 9.72 Å². The number of carbonyl (C=O) groups is 1. The molecule has 4 rings (SSSR count). The summed E-state index contributed by atoms with van der Waals surface area (Å²) >= 11 is 4.72. The number of aromatic nitrogens is 3. The van der Waals surface area contributed by atoms with Crippen molar-refractivity contribution in [1.29, 1.82) is 0 Å². The SMILES string of the molecule is CC(=O)N(c1nc(CSc2nnc(N3CCOCC3)s2)cs1)c1c(C)cc(C)cc1C. The monoisotopic (exact) mass is 475 g/mol. The predicted octanol–water partition coefficient (Wildman–Crippen LogP) is 4.73. The van der Waals surface area contributed by atoms with Gasteiger partial charge in [0.1, 0.15) is 0 Å². The van der Waals surface area contributed by atoms with Gasteiger partial charge in [0.15, 0.2) is 9.47 Å². The maximum atomic E-state index is 12.5. The summed E-state index contributed by atoms with van der Waals surface area (Å²) in [4.78, 5) is 21.2. The third kappa shape index (κ3) is 5.08. The largest absolute Gasteiger partial charge is 0.378 e. The van der Waals surface area contributed by atoms with E-state index < -0.39 is 0 Å². The van der Waals surface area contributed by atoms with E-state index >= 15 is 0 Å². The number of morpholine rings is 1. The van der Waals surface area contributed by atoms with Crippen LogP contribution >= 0.6 is 34.4 Å². The first-order chi connectivity index (χ1) is 14.9. The number of anilines is 3. The lowest BCUT2D eigenvalue weighted by Gasteiger charge is -2.25. The highest BCUT2D eigenvalue weighted by Crippen LogP contribution is 2.36. The summed E-state index contributed by atoms with van der Waals surface area (Å²) < 4.78 is 6.32. The van der Waals surface area contributed by atoms with Crippen LogP contribution in [0.4, 0.5) is 16.0 Å². The number of hydrogen-bond acceptors (Lipinski definition) is 9. The number of rotatable bonds is 6. The van der Waals surface area contributed by atoms with Gasteiger partial charge in [-0.1, -0.05) is 40.8 Å². The fraction of sp³-hybridized carbons (Fsp3) is 0.429. The van der Waals surface area contributed by atoms with Crippen molar-refractivity contribution in [2.45, 2.75) is 37.8 Å². The average molecular weight is 476 g/mol. The van der Waals surface area contributed by atoms with Gasteiger partial charge in [0.25, 0.3) is 0 Å². The van der Waals surface area contributed by atoms with Gasteiger partial charge in [-0.3, -0.25) is 9.69 Å². The number of aryl methyl sites for hydroxylation is 3. The van der Waals surface area contributed by atoms with E-state index in [9.17, 15) is 4.79 Å². The van der Waals surface area contributed by atoms with E-state index in [2.05, 4.69) is 34.2 Å². The van der Waals surface area contributed by atoms with Gasteiger partial charge in [0.2, 0.25) is 11.0 Å². The maximum absolute atomic E-state index is 12.5. The number of carbonyl (C=O) groups excluding carboxylic acids is 1. The van der Waals surface area contributed by atoms with Crippen molar-refractivity contribution in [2.75, 3.05) is 36.1 Å². The van der Waals surface area contributed by atoms with Crippen LogP contribution in [0.15, 0.2) is 21.9 Å². The summed E-state index contributed by atoms with van der Waals surface area (Å²) in [6, 6.07) is 4.20. The Bertz CT molecular complexity index is 1050. The van der Waals surface area contributed by atoms with Crippen LogP contribution in [0.1, 0.15) is 29.3 Å². The van der Waals surface area contributed by atoms with Crippen molar-refractivity contribution in [1.82, 2.24) is 15.2 Å². The highest BCUT2D eigenvalue weighted by molar-refractivity contribution is 8.00. The Morgan fingerprint density at radius 3 is 2.58 bits per heavy atom. The van der Waals surface area contributed by atoms with Crippen LogP contribution in [0.5, 0.6) is 0 Å². The Hall–Kier alpha value is -2.01. The molecule has 2 aromatic heterocycles. The zero-order chi connectivity index (χ0) is 22.0. The molecule has 0 N–H and O–H groups in total. The van der Waals surface area contributed by atoms with Crippen molar-refractivity contribution in [3.05, 3.63) is 39.9 Å². The van der Waals surface area contributed by atoms with Crippen molar-refractivity contribution >= 4 is 56.3 Å². The van der Waals surface area contributed by atoms with Crippen LogP contribution in [-0.2, 0) is 15.3 Å². The molecular weight excluding hydrogens is 450 g/mol. The van der Waals surface area contributed by atoms with E-state index in [1.165, 1.54) is 16.9 Å². The fourth-order valence-electron chi connectivity index (χ4n) is 3.66. The fourth-order valence-corrected chi connectivity index (χ4v) is 6.42. The summed E-state index contributed by atoms with van der Waals surface area (Å²) in [5, 5.41) is 12.3. The number of hydrogen-bond donors (Lipinski definition) is 0. The summed E-state index contributed by atoms with van der Waals surface area (Å²) in [6.07, 6.45) is 0. The molecule has 0 bridgehead atoms. The number of thiazole rings is 1. The Morgan fingerprint density at radius 1 is 1.19 bits per heavy atom. The molecule has 1 saturated heterocycles. The number of amides is 1. The van der Waals surface area contributed by atoms with E-state index in [1.807, 2.05) is 19.2 Å². The molecule has 1 aliphatic heterocycles. The third-order valence-corrected chi connectivity index (χ3v) is 7.95. The van der Waals surface area contributed by atoms with Gasteiger partial charge in [0, 0.05) is 31.1 Å². The molecule has 7 nitrogen and oxygen atoms in total. The molecule has 0 saturated carbocycles. The van der Waals surface area contributed by atoms with Gasteiger partial charge in [-0.05, 0) is 31.9 Å². The molecule has 31 heavy (non-hydrogen) atoms. The zero-order valence-corrected chi connectivity index (χ0v) is 20.5. The third-order valence-electron chi connectivity index (χ3n) is 4.93. The van der Waals surface area contributed by atoms with Crippen LogP contribution in [0, 0.1) is 20.8 Å². The Morgan fingerprint density at radius 2 is 1.90 bits per heavy atom. The van der Waals surface area contributed by atoms with Gasteiger partial charge in [-0.25, -0.2) is 4.98 Å². The minimum atomic E-state index is -0.0390. The molecule has 0 aliphatic carbocycles. The first kappa shape index (κ1) is 22.2. The molecule has 1 amide bonds. The lowest BCUT2D eigenvalue weighted by molar-refractivity contribution is -0.115. The van der Waals surface area contributed by atoms with Crippen LogP contribution in [0.3, 0.4) is 0 Å². The van der Waals surface area contributed by atoms with E-state index in [0.717, 1.165) is 58.3 Å². The Balaban J connectivity index is 1.47. The molecule has 0 radical (unpaired) electrons. The van der Waals surface area contributed by atoms with Crippen molar-refractivity contribution in [2.24, 2.45) is 0 Å². The van der Waals surface area contributed by atoms with Gasteiger partial charge in [-0.15, -0.1) is 21.5 Å². The molecule has 1 aromatic carbocycles. The Labute approximate surface area is 194 Å². The number of nitrogens with zero attached hydrogens (tertiary/aromatic N) is 5. The summed E-state index contributed by atoms with van der Waals surface area (Å²) in [5.41, 5.74) is 5.19. The molecule has 0 spiro atoms. The normalized spacial score (nSPS) is 14.1. The maximum Gasteiger partial charge on any atom is 0.230 e. The second-order valence-corrected chi connectivity index (χ2v) is 10.5. The predicted molar refractivity (Wildman–Crippen MR) is 128 cm³/mol. The zero-order valence-electron chi connectivity index (χ0n) is 18.0. The molecule has 164 valence electrons. The smallest absolute Gasteiger partial charge is 0.230 e. The first-order valence-electron chi connectivity index (χ1n) is 10.0. The first-order valence-corrected chi connectivity index (χ1v) is 12.7. The quantitative estimate of drug-likeness (QED) is 0.477. The molecule has 10 heteroatoms. The van der Waals surface area contributed by atoms with Crippen molar-refractivity contribution < 1.29 is 9.53 Å². The van der Waals surface area contributed by atoms with Crippen molar-refractivity contribution in [3.63, 3.8) is 0 Å². The van der Waals surface area contributed by atoms with Gasteiger partial charge >= 0.3 is 0 Å². The molecule has 0 unspecified atom stereocenters. The summed E-state index contributed by atoms with van der Waals surface area (Å²) in [6.45, 7) is 10.9. The second-order valence-electron chi connectivity index (χ2n) is 7.46. The molecule has 0 atom stereocenters. The number of ether oxygens (including phenoxy) is 1. The topological polar surface area (TPSA) is 71.5 Å². The van der Waals surface area contributed by atoms with Gasteiger partial charge < -0.3 is 9.64 Å². The van der Waals surface area contributed by atoms with Crippen LogP contribution in [0.2, 0.25) is 0 Å². The lowest BCUT2D eigenvalue weighted by Crippen LogP contribution is -2.36. The van der Waals surface area contributed by atoms with Crippen LogP contribution < -0.4 is 9.80 Å². The highest BCUT2D eigenvalue weighted by Gasteiger charge is 2.22. The Kier molecular flexibility index (Phi) is 6.90. The number of thioether (sulfide) groups is 1. The lowest BCUT2D eigenvalue weighted by atomic mass is 10.0. The second kappa shape index (κ2) is 9.64. The van der Waals surface area contributed by atoms with Crippen molar-refractivity contribution in [3.8, 4) is 0 Å². The minimum absolute atomic E-state index is 0.0390. The molecule has 1 aliphatic rings. The van der Waals surface area contributed by atoms with Crippen LogP contribution in [-0.4, -0.2) is 47.4 Å². The van der Waals surface area contributed by atoms with E-state index in [-0.39, 0.29) is 5.91 Å².